The lowest BCUT2D eigenvalue weighted by Crippen LogP contribution is -2.42. The van der Waals surface area contributed by atoms with Gasteiger partial charge in [0.05, 0.1) is 28.8 Å². The van der Waals surface area contributed by atoms with Gasteiger partial charge >= 0.3 is 0 Å². The summed E-state index contributed by atoms with van der Waals surface area (Å²) in [5, 5.41) is 3.21. The fourth-order valence-corrected chi connectivity index (χ4v) is 3.15. The number of nitrogens with one attached hydrogen (secondary N) is 1. The third kappa shape index (κ3) is 6.98. The number of carbonyl (C=O) groups is 3. The number of nitrogens with zero attached hydrogens (tertiary/aromatic N) is 2. The van der Waals surface area contributed by atoms with Gasteiger partial charge in [-0.1, -0.05) is 29.3 Å². The molecule has 0 aromatic heterocycles. The van der Waals surface area contributed by atoms with Crippen molar-refractivity contribution in [1.29, 1.82) is 0 Å². The largest absolute Gasteiger partial charge is 0.370 e. The van der Waals surface area contributed by atoms with Crippen molar-refractivity contribution < 1.29 is 18.8 Å². The monoisotopic (exact) mass is 454 g/mol. The molecular formula is C20H21Cl2FN4O3. The summed E-state index contributed by atoms with van der Waals surface area (Å²) >= 11 is 12.1. The molecule has 2 aromatic carbocycles. The number of hydrogen-bond acceptors (Lipinski definition) is 4. The molecule has 3 amide bonds. The Labute approximate surface area is 183 Å². The highest BCUT2D eigenvalue weighted by molar-refractivity contribution is 6.39. The first-order valence-corrected chi connectivity index (χ1v) is 9.69. The van der Waals surface area contributed by atoms with Gasteiger partial charge in [-0.05, 0) is 43.4 Å². The van der Waals surface area contributed by atoms with Crippen LogP contribution in [0.2, 0.25) is 10.0 Å². The van der Waals surface area contributed by atoms with E-state index in [-0.39, 0.29) is 32.0 Å². The maximum atomic E-state index is 13.2. The molecule has 7 nitrogen and oxygen atoms in total. The third-order valence-corrected chi connectivity index (χ3v) is 4.70. The van der Waals surface area contributed by atoms with Crippen LogP contribution in [0.4, 0.5) is 15.8 Å². The van der Waals surface area contributed by atoms with Crippen molar-refractivity contribution in [1.82, 2.24) is 4.90 Å². The van der Waals surface area contributed by atoms with Gasteiger partial charge in [-0.3, -0.25) is 19.3 Å². The Morgan fingerprint density at radius 2 is 1.63 bits per heavy atom. The molecule has 0 spiro atoms. The summed E-state index contributed by atoms with van der Waals surface area (Å²) in [5.74, 6) is -1.81. The van der Waals surface area contributed by atoms with Gasteiger partial charge < -0.3 is 16.0 Å². The van der Waals surface area contributed by atoms with Gasteiger partial charge in [0, 0.05) is 18.7 Å². The maximum Gasteiger partial charge on any atom is 0.241 e. The molecule has 10 heteroatoms. The Balaban J connectivity index is 2.02. The number of para-hydroxylation sites is 1. The van der Waals surface area contributed by atoms with Gasteiger partial charge in [-0.2, -0.15) is 0 Å². The number of anilines is 2. The molecule has 0 aliphatic rings. The van der Waals surface area contributed by atoms with E-state index < -0.39 is 17.6 Å². The molecule has 0 fully saturated rings. The van der Waals surface area contributed by atoms with E-state index in [2.05, 4.69) is 5.32 Å². The SMILES string of the molecule is CN(CC(=O)Nc1c(Cl)cccc1Cl)CC(=O)N(CCC(N)=O)c1ccc(F)cc1. The smallest absolute Gasteiger partial charge is 0.241 e. The predicted octanol–water partition coefficient (Wildman–Crippen LogP) is 2.91. The van der Waals surface area contributed by atoms with Crippen LogP contribution in [0.1, 0.15) is 6.42 Å². The van der Waals surface area contributed by atoms with Crippen LogP contribution in [0, 0.1) is 5.82 Å². The summed E-state index contributed by atoms with van der Waals surface area (Å²) < 4.78 is 13.2. The lowest BCUT2D eigenvalue weighted by molar-refractivity contribution is -0.121. The van der Waals surface area contributed by atoms with Crippen LogP contribution in [0.5, 0.6) is 0 Å². The van der Waals surface area contributed by atoms with Crippen molar-refractivity contribution in [3.8, 4) is 0 Å². The number of primary amides is 1. The minimum atomic E-state index is -0.570. The summed E-state index contributed by atoms with van der Waals surface area (Å²) in [7, 11) is 1.59. The maximum absolute atomic E-state index is 13.2. The minimum Gasteiger partial charge on any atom is -0.370 e. The Kier molecular flexibility index (Phi) is 8.58. The molecule has 2 rings (SSSR count). The number of likely N-dealkylation sites (N-methyl/N-ethyl adjacent to an activating group) is 1. The van der Waals surface area contributed by atoms with Gasteiger partial charge in [0.2, 0.25) is 17.7 Å². The van der Waals surface area contributed by atoms with E-state index in [1.165, 1.54) is 34.1 Å². The van der Waals surface area contributed by atoms with E-state index in [0.29, 0.717) is 21.4 Å². The van der Waals surface area contributed by atoms with Crippen LogP contribution in [0.3, 0.4) is 0 Å². The summed E-state index contributed by atoms with van der Waals surface area (Å²) in [6.07, 6.45) is -0.0572. The lowest BCUT2D eigenvalue weighted by atomic mass is 10.2. The fraction of sp³-hybridized carbons (Fsp3) is 0.250. The number of rotatable bonds is 9. The molecule has 0 radical (unpaired) electrons. The molecule has 3 N–H and O–H groups in total. The van der Waals surface area contributed by atoms with Crippen molar-refractivity contribution in [2.45, 2.75) is 6.42 Å². The van der Waals surface area contributed by atoms with E-state index in [1.54, 1.807) is 25.2 Å². The van der Waals surface area contributed by atoms with Crippen molar-refractivity contribution >= 4 is 52.3 Å². The highest BCUT2D eigenvalue weighted by Crippen LogP contribution is 2.29. The zero-order valence-electron chi connectivity index (χ0n) is 16.2. The highest BCUT2D eigenvalue weighted by atomic mass is 35.5. The number of benzene rings is 2. The normalized spacial score (nSPS) is 10.7. The van der Waals surface area contributed by atoms with Crippen LogP contribution < -0.4 is 16.0 Å². The van der Waals surface area contributed by atoms with E-state index in [9.17, 15) is 18.8 Å². The molecule has 0 aliphatic heterocycles. The number of hydrogen-bond donors (Lipinski definition) is 2. The molecule has 0 heterocycles. The number of carbonyl (C=O) groups excluding carboxylic acids is 3. The zero-order valence-corrected chi connectivity index (χ0v) is 17.7. The van der Waals surface area contributed by atoms with E-state index >= 15 is 0 Å². The molecule has 0 aliphatic carbocycles. The predicted molar refractivity (Wildman–Crippen MR) is 115 cm³/mol. The van der Waals surface area contributed by atoms with Crippen molar-refractivity contribution in [3.05, 3.63) is 58.3 Å². The minimum absolute atomic E-state index is 0.0368. The molecular weight excluding hydrogens is 434 g/mol. The second kappa shape index (κ2) is 10.9. The van der Waals surface area contributed by atoms with Gasteiger partial charge in [-0.25, -0.2) is 4.39 Å². The zero-order chi connectivity index (χ0) is 22.3. The Morgan fingerprint density at radius 1 is 1.03 bits per heavy atom. The average Bonchev–Trinajstić information content (AvgIpc) is 2.66. The Morgan fingerprint density at radius 3 is 2.20 bits per heavy atom. The summed E-state index contributed by atoms with van der Waals surface area (Å²) in [6, 6.07) is 10.1. The van der Waals surface area contributed by atoms with Crippen molar-refractivity contribution in [2.75, 3.05) is 36.9 Å². The first kappa shape index (κ1) is 23.6. The first-order valence-electron chi connectivity index (χ1n) is 8.94. The molecule has 0 bridgehead atoms. The molecule has 0 atom stereocenters. The van der Waals surface area contributed by atoms with Crippen LogP contribution in [-0.4, -0.2) is 49.3 Å². The lowest BCUT2D eigenvalue weighted by Gasteiger charge is -2.25. The van der Waals surface area contributed by atoms with Gasteiger partial charge in [0.1, 0.15) is 5.82 Å². The molecule has 0 unspecified atom stereocenters. The van der Waals surface area contributed by atoms with Crippen molar-refractivity contribution in [3.63, 3.8) is 0 Å². The molecule has 2 aromatic rings. The van der Waals surface area contributed by atoms with Gasteiger partial charge in [0.15, 0.2) is 0 Å². The molecule has 0 saturated carbocycles. The third-order valence-electron chi connectivity index (χ3n) is 4.07. The first-order chi connectivity index (χ1) is 14.2. The summed E-state index contributed by atoms with van der Waals surface area (Å²) in [4.78, 5) is 39.0. The average molecular weight is 455 g/mol. The quantitative estimate of drug-likeness (QED) is 0.608. The van der Waals surface area contributed by atoms with Crippen LogP contribution in [0.15, 0.2) is 42.5 Å². The number of halogens is 3. The van der Waals surface area contributed by atoms with Crippen LogP contribution in [0.25, 0.3) is 0 Å². The summed E-state index contributed by atoms with van der Waals surface area (Å²) in [6.45, 7) is -0.199. The number of amides is 3. The van der Waals surface area contributed by atoms with Crippen LogP contribution >= 0.6 is 23.2 Å². The Hall–Kier alpha value is -2.68. The fourth-order valence-electron chi connectivity index (χ4n) is 2.65. The van der Waals surface area contributed by atoms with E-state index in [1.807, 2.05) is 0 Å². The molecule has 30 heavy (non-hydrogen) atoms. The second-order valence-corrected chi connectivity index (χ2v) is 7.37. The molecule has 160 valence electrons. The van der Waals surface area contributed by atoms with E-state index in [4.69, 9.17) is 28.9 Å². The van der Waals surface area contributed by atoms with Crippen molar-refractivity contribution in [2.24, 2.45) is 5.73 Å². The van der Waals surface area contributed by atoms with Crippen LogP contribution in [-0.2, 0) is 14.4 Å². The standard InChI is InChI=1S/C20H21Cl2FN4O3/c1-26(11-18(29)25-20-15(21)3-2-4-16(20)22)12-19(30)27(10-9-17(24)28)14-7-5-13(23)6-8-14/h2-8H,9-12H2,1H3,(H2,24,28)(H,25,29). The Bertz CT molecular complexity index is 905. The highest BCUT2D eigenvalue weighted by Gasteiger charge is 2.20. The second-order valence-electron chi connectivity index (χ2n) is 6.56. The summed E-state index contributed by atoms with van der Waals surface area (Å²) in [5.41, 5.74) is 5.90. The van der Waals surface area contributed by atoms with Gasteiger partial charge in [-0.15, -0.1) is 0 Å². The molecule has 0 saturated heterocycles. The van der Waals surface area contributed by atoms with E-state index in [0.717, 1.165) is 0 Å². The number of nitrogens with two attached hydrogens (primary N) is 1. The topological polar surface area (TPSA) is 95.7 Å². The van der Waals surface area contributed by atoms with Gasteiger partial charge in [0.25, 0.3) is 0 Å².